The summed E-state index contributed by atoms with van der Waals surface area (Å²) in [6, 6.07) is 0. The zero-order valence-corrected chi connectivity index (χ0v) is 8.14. The first-order valence-electron chi connectivity index (χ1n) is 3.27. The summed E-state index contributed by atoms with van der Waals surface area (Å²) < 4.78 is 0.751. The van der Waals surface area contributed by atoms with E-state index in [1.165, 1.54) is 0 Å². The van der Waals surface area contributed by atoms with E-state index in [0.29, 0.717) is 11.7 Å². The molecule has 0 fully saturated rings. The van der Waals surface area contributed by atoms with Gasteiger partial charge in [0.25, 0.3) is 0 Å². The fraction of sp³-hybridized carbons (Fsp3) is 0.500. The predicted molar refractivity (Wildman–Crippen MR) is 48.2 cm³/mol. The van der Waals surface area contributed by atoms with Gasteiger partial charge in [0.05, 0.1) is 4.48 Å². The van der Waals surface area contributed by atoms with Crippen LogP contribution < -0.4 is 0 Å². The summed E-state index contributed by atoms with van der Waals surface area (Å²) in [5.74, 6) is 0.837. The molecule has 0 aliphatic carbocycles. The minimum Gasteiger partial charge on any atom is -0.511 e. The van der Waals surface area contributed by atoms with Gasteiger partial charge in [0.1, 0.15) is 5.76 Å². The maximum Gasteiger partial charge on any atom is 0.103 e. The SMILES string of the molecule is C/C(O)=C(Br)\C=C/C(C)C. The highest BCUT2D eigenvalue weighted by molar-refractivity contribution is 9.11. The molecule has 0 aromatic heterocycles. The lowest BCUT2D eigenvalue weighted by Crippen LogP contribution is -1.78. The smallest absolute Gasteiger partial charge is 0.103 e. The van der Waals surface area contributed by atoms with E-state index in [1.807, 2.05) is 12.2 Å². The summed E-state index contributed by atoms with van der Waals surface area (Å²) in [5, 5.41) is 8.92. The fourth-order valence-corrected chi connectivity index (χ4v) is 0.550. The van der Waals surface area contributed by atoms with Gasteiger partial charge < -0.3 is 5.11 Å². The van der Waals surface area contributed by atoms with Crippen LogP contribution in [0.5, 0.6) is 0 Å². The molecule has 1 nitrogen and oxygen atoms in total. The van der Waals surface area contributed by atoms with Crippen LogP contribution in [0.25, 0.3) is 0 Å². The van der Waals surface area contributed by atoms with Gasteiger partial charge in [-0.2, -0.15) is 0 Å². The summed E-state index contributed by atoms with van der Waals surface area (Å²) >= 11 is 3.21. The molecule has 0 aromatic rings. The summed E-state index contributed by atoms with van der Waals surface area (Å²) in [7, 11) is 0. The number of aliphatic hydroxyl groups is 1. The van der Waals surface area contributed by atoms with Crippen molar-refractivity contribution >= 4 is 15.9 Å². The summed E-state index contributed by atoms with van der Waals surface area (Å²) in [5.41, 5.74) is 0. The molecule has 0 spiro atoms. The molecule has 0 bridgehead atoms. The first kappa shape index (κ1) is 9.76. The van der Waals surface area contributed by atoms with Crippen molar-refractivity contribution in [2.45, 2.75) is 20.8 Å². The highest BCUT2D eigenvalue weighted by atomic mass is 79.9. The third-order valence-corrected chi connectivity index (χ3v) is 1.81. The molecule has 0 amide bonds. The van der Waals surface area contributed by atoms with E-state index in [4.69, 9.17) is 5.11 Å². The Kier molecular flexibility index (Phi) is 4.45. The predicted octanol–water partition coefficient (Wildman–Crippen LogP) is 3.38. The standard InChI is InChI=1S/C8H13BrO/c1-6(2)4-5-8(9)7(3)10/h4-6,10H,1-3H3/b5-4-,8-7-. The van der Waals surface area contributed by atoms with Crippen LogP contribution in [0.3, 0.4) is 0 Å². The Labute approximate surface area is 70.6 Å². The van der Waals surface area contributed by atoms with Crippen molar-refractivity contribution in [3.8, 4) is 0 Å². The van der Waals surface area contributed by atoms with E-state index in [2.05, 4.69) is 29.8 Å². The average Bonchev–Trinajstić information content (AvgIpc) is 1.82. The average molecular weight is 205 g/mol. The largest absolute Gasteiger partial charge is 0.511 e. The van der Waals surface area contributed by atoms with Gasteiger partial charge in [-0.15, -0.1) is 0 Å². The number of aliphatic hydroxyl groups excluding tert-OH is 1. The van der Waals surface area contributed by atoms with Crippen LogP contribution in [0.4, 0.5) is 0 Å². The first-order chi connectivity index (χ1) is 4.54. The van der Waals surface area contributed by atoms with Gasteiger partial charge >= 0.3 is 0 Å². The number of rotatable bonds is 2. The van der Waals surface area contributed by atoms with E-state index >= 15 is 0 Å². The second kappa shape index (κ2) is 4.56. The topological polar surface area (TPSA) is 20.2 Å². The molecule has 0 saturated carbocycles. The van der Waals surface area contributed by atoms with Gasteiger partial charge in [0, 0.05) is 0 Å². The normalized spacial score (nSPS) is 14.5. The Balaban J connectivity index is 4.03. The van der Waals surface area contributed by atoms with Crippen LogP contribution in [-0.4, -0.2) is 5.11 Å². The van der Waals surface area contributed by atoms with E-state index < -0.39 is 0 Å². The van der Waals surface area contributed by atoms with Gasteiger partial charge in [-0.05, 0) is 34.8 Å². The van der Waals surface area contributed by atoms with Crippen LogP contribution in [0.15, 0.2) is 22.4 Å². The lowest BCUT2D eigenvalue weighted by Gasteiger charge is -1.94. The minimum atomic E-state index is 0.317. The molecule has 0 unspecified atom stereocenters. The molecule has 58 valence electrons. The minimum absolute atomic E-state index is 0.317. The molecule has 0 radical (unpaired) electrons. The molecule has 0 rings (SSSR count). The molecule has 2 heteroatoms. The van der Waals surface area contributed by atoms with Gasteiger partial charge in [-0.1, -0.05) is 19.9 Å². The molecular formula is C8H13BrO. The van der Waals surface area contributed by atoms with Crippen LogP contribution in [0.2, 0.25) is 0 Å². The third kappa shape index (κ3) is 4.62. The van der Waals surface area contributed by atoms with E-state index in [1.54, 1.807) is 6.92 Å². The van der Waals surface area contributed by atoms with Gasteiger partial charge in [0.15, 0.2) is 0 Å². The molecule has 0 aromatic carbocycles. The Hall–Kier alpha value is -0.240. The van der Waals surface area contributed by atoms with Crippen molar-refractivity contribution in [1.82, 2.24) is 0 Å². The second-order valence-electron chi connectivity index (χ2n) is 2.54. The van der Waals surface area contributed by atoms with Crippen molar-refractivity contribution in [3.05, 3.63) is 22.4 Å². The number of halogens is 1. The van der Waals surface area contributed by atoms with Crippen LogP contribution in [0.1, 0.15) is 20.8 Å². The second-order valence-corrected chi connectivity index (χ2v) is 3.39. The van der Waals surface area contributed by atoms with E-state index in [0.717, 1.165) is 4.48 Å². The van der Waals surface area contributed by atoms with Gasteiger partial charge in [-0.25, -0.2) is 0 Å². The zero-order chi connectivity index (χ0) is 8.15. The molecule has 10 heavy (non-hydrogen) atoms. The molecular weight excluding hydrogens is 192 g/mol. The van der Waals surface area contributed by atoms with E-state index in [9.17, 15) is 0 Å². The molecule has 0 atom stereocenters. The lowest BCUT2D eigenvalue weighted by molar-refractivity contribution is 0.413. The summed E-state index contributed by atoms with van der Waals surface area (Å²) in [4.78, 5) is 0. The monoisotopic (exact) mass is 204 g/mol. The maximum absolute atomic E-state index is 8.92. The molecule has 0 aliphatic rings. The number of hydrogen-bond acceptors (Lipinski definition) is 1. The fourth-order valence-electron chi connectivity index (χ4n) is 0.398. The van der Waals surface area contributed by atoms with Gasteiger partial charge in [-0.3, -0.25) is 0 Å². The first-order valence-corrected chi connectivity index (χ1v) is 4.07. The van der Waals surface area contributed by atoms with Crippen LogP contribution in [-0.2, 0) is 0 Å². The zero-order valence-electron chi connectivity index (χ0n) is 6.56. The lowest BCUT2D eigenvalue weighted by atomic mass is 10.2. The molecule has 0 saturated heterocycles. The highest BCUT2D eigenvalue weighted by Gasteiger charge is 1.90. The number of allylic oxidation sites excluding steroid dienone is 4. The summed E-state index contributed by atoms with van der Waals surface area (Å²) in [6.45, 7) is 5.82. The third-order valence-electron chi connectivity index (χ3n) is 0.973. The van der Waals surface area contributed by atoms with Crippen molar-refractivity contribution < 1.29 is 5.11 Å². The Morgan fingerprint density at radius 2 is 2.00 bits per heavy atom. The van der Waals surface area contributed by atoms with Crippen molar-refractivity contribution in [2.75, 3.05) is 0 Å². The molecule has 0 aliphatic heterocycles. The van der Waals surface area contributed by atoms with E-state index in [-0.39, 0.29) is 0 Å². The Morgan fingerprint density at radius 1 is 1.50 bits per heavy atom. The van der Waals surface area contributed by atoms with Crippen LogP contribution in [0, 0.1) is 5.92 Å². The number of hydrogen-bond donors (Lipinski definition) is 1. The highest BCUT2D eigenvalue weighted by Crippen LogP contribution is 2.12. The quantitative estimate of drug-likeness (QED) is 0.541. The van der Waals surface area contributed by atoms with Crippen molar-refractivity contribution in [1.29, 1.82) is 0 Å². The Morgan fingerprint density at radius 3 is 2.30 bits per heavy atom. The molecule has 0 heterocycles. The van der Waals surface area contributed by atoms with Crippen molar-refractivity contribution in [2.24, 2.45) is 5.92 Å². The maximum atomic E-state index is 8.92. The van der Waals surface area contributed by atoms with Gasteiger partial charge in [0.2, 0.25) is 0 Å². The van der Waals surface area contributed by atoms with Crippen molar-refractivity contribution in [3.63, 3.8) is 0 Å². The Bertz CT molecular complexity index is 153. The molecule has 1 N–H and O–H groups in total. The van der Waals surface area contributed by atoms with Crippen LogP contribution >= 0.6 is 15.9 Å². The summed E-state index contributed by atoms with van der Waals surface area (Å²) in [6.07, 6.45) is 3.88.